The molecule has 0 radical (unpaired) electrons. The molecule has 0 heterocycles. The molecule has 1 atom stereocenters. The van der Waals surface area contributed by atoms with Gasteiger partial charge in [0, 0.05) is 19.8 Å². The Balaban J connectivity index is 3.80. The van der Waals surface area contributed by atoms with Crippen molar-refractivity contribution in [2.24, 2.45) is 0 Å². The van der Waals surface area contributed by atoms with Gasteiger partial charge in [0.1, 0.15) is 0 Å². The van der Waals surface area contributed by atoms with Crippen molar-refractivity contribution in [2.75, 3.05) is 19.8 Å². The van der Waals surface area contributed by atoms with E-state index in [-0.39, 0.29) is 8.81 Å². The van der Waals surface area contributed by atoms with E-state index in [2.05, 4.69) is 0 Å². The molecule has 0 aliphatic heterocycles. The smallest absolute Gasteiger partial charge is 0.206 e. The lowest BCUT2D eigenvalue weighted by molar-refractivity contribution is -0.160. The van der Waals surface area contributed by atoms with Crippen LogP contribution in [0.25, 0.3) is 0 Å². The van der Waals surface area contributed by atoms with Gasteiger partial charge in [-0.3, -0.25) is 0 Å². The quantitative estimate of drug-likeness (QED) is 0.460. The molecule has 12 heavy (non-hydrogen) atoms. The Hall–Kier alpha value is 0.310. The van der Waals surface area contributed by atoms with Crippen LogP contribution in [0.2, 0.25) is 0 Å². The van der Waals surface area contributed by atoms with Crippen LogP contribution in [0, 0.1) is 0 Å². The number of hydrogen-bond acceptors (Lipinski definition) is 3. The van der Waals surface area contributed by atoms with E-state index in [1.807, 2.05) is 27.7 Å². The number of hydrogen-bond donors (Lipinski definition) is 0. The molecule has 0 aliphatic rings. The summed E-state index contributed by atoms with van der Waals surface area (Å²) in [5.41, 5.74) is -0.542. The second-order valence-electron chi connectivity index (χ2n) is 2.35. The molecule has 0 saturated heterocycles. The molecule has 3 nitrogen and oxygen atoms in total. The zero-order valence-corrected chi connectivity index (χ0v) is 9.35. The van der Waals surface area contributed by atoms with Gasteiger partial charge in [0.15, 0.2) is 0 Å². The summed E-state index contributed by atoms with van der Waals surface area (Å²) in [7, 11) is 0.245. The van der Waals surface area contributed by atoms with Crippen LogP contribution in [-0.2, 0) is 14.0 Å². The molecule has 0 amide bonds. The monoisotopic (exact) mass is 194 g/mol. The van der Waals surface area contributed by atoms with E-state index in [0.717, 1.165) is 0 Å². The van der Waals surface area contributed by atoms with Gasteiger partial charge < -0.3 is 14.0 Å². The normalized spacial score (nSPS) is 13.0. The van der Waals surface area contributed by atoms with Crippen LogP contribution in [0.3, 0.4) is 0 Å². The van der Waals surface area contributed by atoms with Gasteiger partial charge in [-0.05, 0) is 27.7 Å². The third kappa shape index (κ3) is 5.04. The third-order valence-electron chi connectivity index (χ3n) is 1.24. The Labute approximate surface area is 76.6 Å². The van der Waals surface area contributed by atoms with Crippen molar-refractivity contribution in [3.63, 3.8) is 0 Å². The third-order valence-corrected chi connectivity index (χ3v) is 2.33. The zero-order chi connectivity index (χ0) is 9.45. The molecule has 0 spiro atoms. The van der Waals surface area contributed by atoms with Crippen LogP contribution in [0.5, 0.6) is 0 Å². The summed E-state index contributed by atoms with van der Waals surface area (Å²) in [4.78, 5) is 0. The van der Waals surface area contributed by atoms with Crippen molar-refractivity contribution < 1.29 is 14.0 Å². The molecule has 0 saturated carbocycles. The lowest BCUT2D eigenvalue weighted by Gasteiger charge is -2.28. The summed E-state index contributed by atoms with van der Waals surface area (Å²) in [6, 6.07) is 0. The highest BCUT2D eigenvalue weighted by Crippen LogP contribution is 2.34. The van der Waals surface area contributed by atoms with Gasteiger partial charge in [0.25, 0.3) is 0 Å². The van der Waals surface area contributed by atoms with E-state index >= 15 is 0 Å². The molecule has 0 rings (SSSR count). The highest BCUT2D eigenvalue weighted by Gasteiger charge is 2.25. The predicted octanol–water partition coefficient (Wildman–Crippen LogP) is 2.36. The van der Waals surface area contributed by atoms with Crippen molar-refractivity contribution in [2.45, 2.75) is 33.2 Å². The molecule has 74 valence electrons. The van der Waals surface area contributed by atoms with Crippen molar-refractivity contribution in [3.05, 3.63) is 0 Å². The van der Waals surface area contributed by atoms with Gasteiger partial charge in [-0.15, -0.1) is 0 Å². The molecule has 0 aromatic rings. The van der Waals surface area contributed by atoms with E-state index in [4.69, 9.17) is 14.0 Å². The first kappa shape index (κ1) is 12.3. The maximum absolute atomic E-state index is 5.44. The first-order valence-corrected chi connectivity index (χ1v) is 5.26. The van der Waals surface area contributed by atoms with Gasteiger partial charge in [-0.1, -0.05) is 0 Å². The topological polar surface area (TPSA) is 27.7 Å². The molecular formula is C8H19O3P. The molecule has 0 bridgehead atoms. The Morgan fingerprint density at radius 2 is 1.50 bits per heavy atom. The van der Waals surface area contributed by atoms with Crippen molar-refractivity contribution >= 4 is 8.81 Å². The van der Waals surface area contributed by atoms with Gasteiger partial charge in [0.2, 0.25) is 5.53 Å². The van der Waals surface area contributed by atoms with Gasteiger partial charge >= 0.3 is 0 Å². The van der Waals surface area contributed by atoms with Crippen LogP contribution in [0.1, 0.15) is 27.7 Å². The van der Waals surface area contributed by atoms with Crippen LogP contribution in [0.4, 0.5) is 0 Å². The van der Waals surface area contributed by atoms with Gasteiger partial charge in [-0.2, -0.15) is 0 Å². The van der Waals surface area contributed by atoms with E-state index in [0.29, 0.717) is 19.8 Å². The summed E-state index contributed by atoms with van der Waals surface area (Å²) in [5, 5.41) is 0. The summed E-state index contributed by atoms with van der Waals surface area (Å²) in [6.45, 7) is 9.78. The van der Waals surface area contributed by atoms with Crippen molar-refractivity contribution in [1.29, 1.82) is 0 Å². The standard InChI is InChI=1S/C8H19O3P/c1-5-9-8(4,10-6-2)12-11-7-3/h12H,5-7H2,1-4H3. The molecule has 4 heteroatoms. The molecule has 0 aliphatic carbocycles. The van der Waals surface area contributed by atoms with E-state index in [1.54, 1.807) is 0 Å². The average Bonchev–Trinajstić information content (AvgIpc) is 2.02. The molecule has 0 N–H and O–H groups in total. The highest BCUT2D eigenvalue weighted by molar-refractivity contribution is 7.33. The minimum Gasteiger partial charge on any atom is -0.357 e. The summed E-state index contributed by atoms with van der Waals surface area (Å²) in [5.74, 6) is 0. The van der Waals surface area contributed by atoms with Crippen molar-refractivity contribution in [1.82, 2.24) is 0 Å². The largest absolute Gasteiger partial charge is 0.357 e. The van der Waals surface area contributed by atoms with Crippen LogP contribution >= 0.6 is 8.81 Å². The summed E-state index contributed by atoms with van der Waals surface area (Å²) >= 11 is 0. The Morgan fingerprint density at radius 1 is 1.00 bits per heavy atom. The summed E-state index contributed by atoms with van der Waals surface area (Å²) < 4.78 is 16.2. The van der Waals surface area contributed by atoms with Crippen molar-refractivity contribution in [3.8, 4) is 0 Å². The van der Waals surface area contributed by atoms with Crippen LogP contribution < -0.4 is 0 Å². The Kier molecular flexibility index (Phi) is 6.96. The summed E-state index contributed by atoms with van der Waals surface area (Å²) in [6.07, 6.45) is 0. The SMILES string of the molecule is CCOPC(C)(OCC)OCC. The van der Waals surface area contributed by atoms with E-state index < -0.39 is 5.53 Å². The minimum atomic E-state index is -0.542. The predicted molar refractivity (Wildman–Crippen MR) is 51.6 cm³/mol. The molecule has 0 fully saturated rings. The first-order chi connectivity index (χ1) is 5.68. The second-order valence-corrected chi connectivity index (χ2v) is 3.75. The number of rotatable bonds is 7. The Bertz CT molecular complexity index is 102. The molecule has 0 aromatic carbocycles. The Morgan fingerprint density at radius 3 is 1.83 bits per heavy atom. The van der Waals surface area contributed by atoms with Gasteiger partial charge in [0.05, 0.1) is 8.81 Å². The van der Waals surface area contributed by atoms with E-state index in [9.17, 15) is 0 Å². The number of ether oxygens (including phenoxy) is 2. The molecule has 1 unspecified atom stereocenters. The van der Waals surface area contributed by atoms with Gasteiger partial charge in [-0.25, -0.2) is 0 Å². The fourth-order valence-corrected chi connectivity index (χ4v) is 1.67. The van der Waals surface area contributed by atoms with E-state index in [1.165, 1.54) is 0 Å². The fraction of sp³-hybridized carbons (Fsp3) is 1.00. The minimum absolute atomic E-state index is 0.245. The lowest BCUT2D eigenvalue weighted by atomic mass is 10.7. The lowest BCUT2D eigenvalue weighted by Crippen LogP contribution is -2.27. The second kappa shape index (κ2) is 6.79. The fourth-order valence-electron chi connectivity index (χ4n) is 0.855. The maximum Gasteiger partial charge on any atom is 0.206 e. The molecular weight excluding hydrogens is 175 g/mol. The maximum atomic E-state index is 5.44. The van der Waals surface area contributed by atoms with Crippen LogP contribution in [0.15, 0.2) is 0 Å². The molecule has 0 aromatic heterocycles. The first-order valence-electron chi connectivity index (χ1n) is 4.35. The average molecular weight is 194 g/mol. The van der Waals surface area contributed by atoms with Crippen LogP contribution in [-0.4, -0.2) is 25.3 Å². The highest BCUT2D eigenvalue weighted by atomic mass is 31.1. The zero-order valence-electron chi connectivity index (χ0n) is 8.35.